The third-order valence-electron chi connectivity index (χ3n) is 3.22. The van der Waals surface area contributed by atoms with Crippen LogP contribution in [0.3, 0.4) is 0 Å². The van der Waals surface area contributed by atoms with Crippen LogP contribution in [0.2, 0.25) is 5.15 Å². The van der Waals surface area contributed by atoms with Gasteiger partial charge in [0.05, 0.1) is 0 Å². The Morgan fingerprint density at radius 1 is 1.22 bits per heavy atom. The number of hydrogen-bond acceptors (Lipinski definition) is 5. The Balaban J connectivity index is 1.95. The highest BCUT2D eigenvalue weighted by molar-refractivity contribution is 7.99. The maximum Gasteiger partial charge on any atom is 0.190 e. The first-order valence-corrected chi connectivity index (χ1v) is 8.98. The molecule has 1 heterocycles. The van der Waals surface area contributed by atoms with E-state index in [1.807, 2.05) is 24.1 Å². The summed E-state index contributed by atoms with van der Waals surface area (Å²) in [6, 6.07) is 2.33. The van der Waals surface area contributed by atoms with Crippen LogP contribution in [0, 0.1) is 0 Å². The van der Waals surface area contributed by atoms with Gasteiger partial charge in [-0.15, -0.1) is 0 Å². The highest BCUT2D eigenvalue weighted by Crippen LogP contribution is 2.29. The third-order valence-corrected chi connectivity index (χ3v) is 5.10. The minimum atomic E-state index is 0.509. The summed E-state index contributed by atoms with van der Waals surface area (Å²) in [4.78, 5) is 8.58. The standard InChI is InChI=1S/C12H18ClN3S2/c1-17-9-5-3-8(4-6-9)14-11-7-10(13)15-12(16-11)18-2/h7-9H,3-6H2,1-2H3,(H,14,15,16). The molecule has 2 rings (SSSR count). The van der Waals surface area contributed by atoms with Crippen molar-refractivity contribution in [3.63, 3.8) is 0 Å². The average molecular weight is 304 g/mol. The fourth-order valence-corrected chi connectivity index (χ4v) is 3.57. The third kappa shape index (κ3) is 3.93. The van der Waals surface area contributed by atoms with E-state index < -0.39 is 0 Å². The van der Waals surface area contributed by atoms with Crippen LogP contribution in [0.5, 0.6) is 0 Å². The molecule has 18 heavy (non-hydrogen) atoms. The molecule has 0 spiro atoms. The quantitative estimate of drug-likeness (QED) is 0.518. The molecular formula is C12H18ClN3S2. The molecule has 0 unspecified atom stereocenters. The molecule has 3 nitrogen and oxygen atoms in total. The molecule has 0 amide bonds. The van der Waals surface area contributed by atoms with Gasteiger partial charge in [0.15, 0.2) is 5.16 Å². The first kappa shape index (κ1) is 14.3. The van der Waals surface area contributed by atoms with E-state index in [-0.39, 0.29) is 0 Å². The number of aromatic nitrogens is 2. The predicted molar refractivity (Wildman–Crippen MR) is 82.0 cm³/mol. The van der Waals surface area contributed by atoms with Crippen LogP contribution in [-0.4, -0.2) is 33.8 Å². The molecular weight excluding hydrogens is 286 g/mol. The first-order chi connectivity index (χ1) is 8.71. The maximum atomic E-state index is 5.98. The normalized spacial score (nSPS) is 23.9. The smallest absolute Gasteiger partial charge is 0.190 e. The lowest BCUT2D eigenvalue weighted by Gasteiger charge is -2.28. The van der Waals surface area contributed by atoms with E-state index in [1.165, 1.54) is 37.4 Å². The minimum absolute atomic E-state index is 0.509. The highest BCUT2D eigenvalue weighted by Gasteiger charge is 2.20. The van der Waals surface area contributed by atoms with E-state index in [0.717, 1.165) is 16.2 Å². The minimum Gasteiger partial charge on any atom is -0.367 e. The van der Waals surface area contributed by atoms with Gasteiger partial charge in [-0.05, 0) is 38.2 Å². The molecule has 1 aliphatic carbocycles. The van der Waals surface area contributed by atoms with E-state index in [1.54, 1.807) is 0 Å². The summed E-state index contributed by atoms with van der Waals surface area (Å²) >= 11 is 9.48. The molecule has 100 valence electrons. The Morgan fingerprint density at radius 2 is 1.94 bits per heavy atom. The number of halogens is 1. The van der Waals surface area contributed by atoms with Crippen molar-refractivity contribution >= 4 is 40.9 Å². The number of nitrogens with zero attached hydrogens (tertiary/aromatic N) is 2. The van der Waals surface area contributed by atoms with Gasteiger partial charge < -0.3 is 5.32 Å². The van der Waals surface area contributed by atoms with Crippen molar-refractivity contribution in [2.45, 2.75) is 42.1 Å². The molecule has 0 saturated heterocycles. The fraction of sp³-hybridized carbons (Fsp3) is 0.667. The summed E-state index contributed by atoms with van der Waals surface area (Å²) in [5.41, 5.74) is 0. The monoisotopic (exact) mass is 303 g/mol. The summed E-state index contributed by atoms with van der Waals surface area (Å²) in [5.74, 6) is 0.854. The van der Waals surface area contributed by atoms with Gasteiger partial charge >= 0.3 is 0 Å². The molecule has 0 atom stereocenters. The van der Waals surface area contributed by atoms with Crippen molar-refractivity contribution in [1.82, 2.24) is 9.97 Å². The second kappa shape index (κ2) is 6.87. The summed E-state index contributed by atoms with van der Waals surface area (Å²) in [6.07, 6.45) is 9.15. The Labute approximate surface area is 122 Å². The van der Waals surface area contributed by atoms with Crippen molar-refractivity contribution in [3.8, 4) is 0 Å². The highest BCUT2D eigenvalue weighted by atomic mass is 35.5. The van der Waals surface area contributed by atoms with Crippen molar-refractivity contribution < 1.29 is 0 Å². The zero-order valence-corrected chi connectivity index (χ0v) is 13.0. The van der Waals surface area contributed by atoms with Crippen LogP contribution < -0.4 is 5.32 Å². The van der Waals surface area contributed by atoms with Crippen LogP contribution in [-0.2, 0) is 0 Å². The van der Waals surface area contributed by atoms with Crippen LogP contribution >= 0.6 is 35.1 Å². The Bertz CT molecular complexity index is 395. The summed E-state index contributed by atoms with van der Waals surface area (Å²) in [7, 11) is 0. The van der Waals surface area contributed by atoms with E-state index in [4.69, 9.17) is 11.6 Å². The largest absolute Gasteiger partial charge is 0.367 e. The predicted octanol–water partition coefficient (Wildman–Crippen LogP) is 3.94. The number of anilines is 1. The maximum absolute atomic E-state index is 5.98. The number of rotatable bonds is 4. The van der Waals surface area contributed by atoms with Crippen molar-refractivity contribution in [1.29, 1.82) is 0 Å². The Hall–Kier alpha value is -0.130. The first-order valence-electron chi connectivity index (χ1n) is 6.09. The van der Waals surface area contributed by atoms with Gasteiger partial charge in [-0.25, -0.2) is 9.97 Å². The molecule has 6 heteroatoms. The van der Waals surface area contributed by atoms with Gasteiger partial charge in [0.1, 0.15) is 11.0 Å². The number of thioether (sulfide) groups is 2. The van der Waals surface area contributed by atoms with Crippen LogP contribution in [0.15, 0.2) is 11.2 Å². The van der Waals surface area contributed by atoms with Crippen LogP contribution in [0.1, 0.15) is 25.7 Å². The second-order valence-corrected chi connectivity index (χ2v) is 6.71. The molecule has 0 bridgehead atoms. The fourth-order valence-electron chi connectivity index (χ4n) is 2.21. The van der Waals surface area contributed by atoms with Gasteiger partial charge in [-0.3, -0.25) is 0 Å². The number of nitrogens with one attached hydrogen (secondary N) is 1. The zero-order chi connectivity index (χ0) is 13.0. The topological polar surface area (TPSA) is 37.8 Å². The van der Waals surface area contributed by atoms with Crippen LogP contribution in [0.25, 0.3) is 0 Å². The van der Waals surface area contributed by atoms with Gasteiger partial charge in [0, 0.05) is 17.4 Å². The lowest BCUT2D eigenvalue weighted by atomic mass is 9.95. The average Bonchev–Trinajstić information content (AvgIpc) is 2.39. The summed E-state index contributed by atoms with van der Waals surface area (Å²) in [5, 5.41) is 5.55. The molecule has 0 radical (unpaired) electrons. The van der Waals surface area contributed by atoms with E-state index >= 15 is 0 Å². The zero-order valence-electron chi connectivity index (χ0n) is 10.6. The molecule has 1 fully saturated rings. The van der Waals surface area contributed by atoms with Gasteiger partial charge in [-0.2, -0.15) is 11.8 Å². The van der Waals surface area contributed by atoms with Crippen molar-refractivity contribution in [3.05, 3.63) is 11.2 Å². The van der Waals surface area contributed by atoms with E-state index in [2.05, 4.69) is 21.5 Å². The van der Waals surface area contributed by atoms with Crippen molar-refractivity contribution in [2.24, 2.45) is 0 Å². The molecule has 1 aromatic heterocycles. The molecule has 0 aliphatic heterocycles. The van der Waals surface area contributed by atoms with Gasteiger partial charge in [-0.1, -0.05) is 23.4 Å². The molecule has 1 aromatic rings. The SMILES string of the molecule is CSc1nc(Cl)cc(NC2CCC(SC)CC2)n1. The van der Waals surface area contributed by atoms with Crippen LogP contribution in [0.4, 0.5) is 5.82 Å². The van der Waals surface area contributed by atoms with Crippen molar-refractivity contribution in [2.75, 3.05) is 17.8 Å². The lowest BCUT2D eigenvalue weighted by molar-refractivity contribution is 0.472. The second-order valence-electron chi connectivity index (χ2n) is 4.42. The summed E-state index contributed by atoms with van der Waals surface area (Å²) in [6.45, 7) is 0. The molecule has 1 N–H and O–H groups in total. The molecule has 1 saturated carbocycles. The van der Waals surface area contributed by atoms with Gasteiger partial charge in [0.25, 0.3) is 0 Å². The van der Waals surface area contributed by atoms with Gasteiger partial charge in [0.2, 0.25) is 0 Å². The molecule has 1 aliphatic rings. The van der Waals surface area contributed by atoms with E-state index in [0.29, 0.717) is 11.2 Å². The summed E-state index contributed by atoms with van der Waals surface area (Å²) < 4.78 is 0. The Morgan fingerprint density at radius 3 is 2.56 bits per heavy atom. The lowest BCUT2D eigenvalue weighted by Crippen LogP contribution is -2.27. The Kier molecular flexibility index (Phi) is 5.45. The van der Waals surface area contributed by atoms with E-state index in [9.17, 15) is 0 Å². The molecule has 0 aromatic carbocycles. The number of hydrogen-bond donors (Lipinski definition) is 1.